The number of hydrogen-bond donors (Lipinski definition) is 1. The minimum atomic E-state index is 0.397. The summed E-state index contributed by atoms with van der Waals surface area (Å²) in [6.07, 6.45) is 0.755. The fraction of sp³-hybridized carbons (Fsp3) is 0.200. The highest BCUT2D eigenvalue weighted by molar-refractivity contribution is 5.86. The van der Waals surface area contributed by atoms with Crippen LogP contribution in [0.15, 0.2) is 22.6 Å². The van der Waals surface area contributed by atoms with Crippen molar-refractivity contribution < 1.29 is 9.21 Å². The molecule has 2 aromatic heterocycles. The summed E-state index contributed by atoms with van der Waals surface area (Å²) in [4.78, 5) is 18.5. The van der Waals surface area contributed by atoms with Crippen LogP contribution < -0.4 is 0 Å². The number of aromatic nitrogens is 2. The molecule has 19 heavy (non-hydrogen) atoms. The molecule has 1 aromatic carbocycles. The molecule has 0 aliphatic rings. The zero-order valence-corrected chi connectivity index (χ0v) is 11.1. The zero-order valence-electron chi connectivity index (χ0n) is 11.1. The van der Waals surface area contributed by atoms with E-state index in [-0.39, 0.29) is 0 Å². The Bertz CT molecular complexity index is 781. The first-order valence-electron chi connectivity index (χ1n) is 6.12. The van der Waals surface area contributed by atoms with Gasteiger partial charge < -0.3 is 9.40 Å². The van der Waals surface area contributed by atoms with Crippen molar-refractivity contribution >= 4 is 17.3 Å². The Balaban J connectivity index is 2.23. The summed E-state index contributed by atoms with van der Waals surface area (Å²) >= 11 is 0. The number of nitrogens with one attached hydrogen (secondary N) is 1. The van der Waals surface area contributed by atoms with Crippen LogP contribution in [-0.4, -0.2) is 16.3 Å². The first-order chi connectivity index (χ1) is 9.10. The fourth-order valence-corrected chi connectivity index (χ4v) is 2.50. The molecule has 0 atom stereocenters. The predicted octanol–water partition coefficient (Wildman–Crippen LogP) is 3.56. The molecular weight excluding hydrogens is 240 g/mol. The monoisotopic (exact) mass is 254 g/mol. The van der Waals surface area contributed by atoms with Gasteiger partial charge in [0, 0.05) is 11.1 Å². The van der Waals surface area contributed by atoms with Gasteiger partial charge in [-0.25, -0.2) is 4.98 Å². The lowest BCUT2D eigenvalue weighted by Crippen LogP contribution is -1.83. The smallest absolute Gasteiger partial charge is 0.185 e. The van der Waals surface area contributed by atoms with Gasteiger partial charge in [-0.3, -0.25) is 4.79 Å². The molecular formula is C15H14N2O2. The lowest BCUT2D eigenvalue weighted by atomic mass is 10.0. The number of benzene rings is 1. The number of carbonyl (C=O) groups excluding carboxylic acids is 1. The van der Waals surface area contributed by atoms with Crippen LogP contribution in [0.1, 0.15) is 27.7 Å². The summed E-state index contributed by atoms with van der Waals surface area (Å²) < 4.78 is 5.47. The van der Waals surface area contributed by atoms with Crippen molar-refractivity contribution in [3.8, 4) is 11.1 Å². The third-order valence-corrected chi connectivity index (χ3v) is 3.36. The Morgan fingerprint density at radius 2 is 2.05 bits per heavy atom. The van der Waals surface area contributed by atoms with Crippen molar-refractivity contribution in [1.29, 1.82) is 0 Å². The van der Waals surface area contributed by atoms with Crippen molar-refractivity contribution in [2.75, 3.05) is 0 Å². The second-order valence-corrected chi connectivity index (χ2v) is 4.69. The van der Waals surface area contributed by atoms with Crippen LogP contribution in [0.4, 0.5) is 0 Å². The van der Waals surface area contributed by atoms with Crippen LogP contribution in [0.2, 0.25) is 0 Å². The molecule has 0 fully saturated rings. The molecule has 0 amide bonds. The van der Waals surface area contributed by atoms with Crippen LogP contribution >= 0.6 is 0 Å². The number of rotatable bonds is 2. The van der Waals surface area contributed by atoms with Gasteiger partial charge in [-0.1, -0.05) is 6.07 Å². The third kappa shape index (κ3) is 1.76. The summed E-state index contributed by atoms with van der Waals surface area (Å²) in [6, 6.07) is 6.01. The molecule has 0 aliphatic carbocycles. The topological polar surface area (TPSA) is 58.9 Å². The van der Waals surface area contributed by atoms with E-state index in [1.807, 2.05) is 39.0 Å². The first kappa shape index (κ1) is 11.7. The van der Waals surface area contributed by atoms with E-state index in [2.05, 4.69) is 9.97 Å². The van der Waals surface area contributed by atoms with E-state index in [1.54, 1.807) is 0 Å². The second-order valence-electron chi connectivity index (χ2n) is 4.69. The van der Waals surface area contributed by atoms with Crippen molar-refractivity contribution in [2.45, 2.75) is 20.8 Å². The second kappa shape index (κ2) is 4.09. The largest absolute Gasteiger partial charge is 0.458 e. The fourth-order valence-electron chi connectivity index (χ4n) is 2.50. The van der Waals surface area contributed by atoms with Crippen molar-refractivity contribution in [3.63, 3.8) is 0 Å². The Kier molecular flexibility index (Phi) is 2.52. The molecule has 0 bridgehead atoms. The van der Waals surface area contributed by atoms with E-state index in [1.165, 1.54) is 0 Å². The maximum Gasteiger partial charge on any atom is 0.185 e. The first-order valence-corrected chi connectivity index (χ1v) is 6.12. The number of aryl methyl sites for hydroxylation is 2. The lowest BCUT2D eigenvalue weighted by molar-refractivity contribution is 0.109. The molecule has 0 aliphatic heterocycles. The molecule has 0 radical (unpaired) electrons. The number of H-pyrrole nitrogens is 1. The molecule has 2 heterocycles. The van der Waals surface area contributed by atoms with Crippen molar-refractivity contribution in [2.24, 2.45) is 0 Å². The van der Waals surface area contributed by atoms with Crippen molar-refractivity contribution in [1.82, 2.24) is 9.97 Å². The quantitative estimate of drug-likeness (QED) is 0.711. The Hall–Kier alpha value is -2.36. The maximum atomic E-state index is 10.9. The molecule has 0 saturated heterocycles. The average molecular weight is 254 g/mol. The van der Waals surface area contributed by atoms with Gasteiger partial charge in [0.2, 0.25) is 0 Å². The third-order valence-electron chi connectivity index (χ3n) is 3.36. The van der Waals surface area contributed by atoms with E-state index >= 15 is 0 Å². The van der Waals surface area contributed by atoms with E-state index in [4.69, 9.17) is 4.42 Å². The highest BCUT2D eigenvalue weighted by Crippen LogP contribution is 2.32. The van der Waals surface area contributed by atoms with E-state index in [0.29, 0.717) is 5.76 Å². The number of nitrogens with zero attached hydrogens (tertiary/aromatic N) is 1. The average Bonchev–Trinajstić information content (AvgIpc) is 2.87. The van der Waals surface area contributed by atoms with Gasteiger partial charge in [0.15, 0.2) is 12.0 Å². The van der Waals surface area contributed by atoms with Crippen LogP contribution in [-0.2, 0) is 0 Å². The summed E-state index contributed by atoms with van der Waals surface area (Å²) in [5.41, 5.74) is 4.82. The number of furan rings is 1. The minimum absolute atomic E-state index is 0.397. The van der Waals surface area contributed by atoms with Crippen LogP contribution in [0.25, 0.3) is 22.2 Å². The number of fused-ring (bicyclic) bond motifs is 1. The Morgan fingerprint density at radius 3 is 2.74 bits per heavy atom. The van der Waals surface area contributed by atoms with Crippen LogP contribution in [0.5, 0.6) is 0 Å². The molecule has 3 rings (SSSR count). The maximum absolute atomic E-state index is 10.9. The number of aldehydes is 1. The lowest BCUT2D eigenvalue weighted by Gasteiger charge is -2.01. The molecule has 3 aromatic rings. The summed E-state index contributed by atoms with van der Waals surface area (Å²) in [7, 11) is 0. The van der Waals surface area contributed by atoms with Crippen LogP contribution in [0.3, 0.4) is 0 Å². The van der Waals surface area contributed by atoms with Crippen LogP contribution in [0, 0.1) is 20.8 Å². The van der Waals surface area contributed by atoms with E-state index in [0.717, 1.165) is 45.6 Å². The normalized spacial score (nSPS) is 11.1. The van der Waals surface area contributed by atoms with Gasteiger partial charge in [0.25, 0.3) is 0 Å². The highest BCUT2D eigenvalue weighted by Gasteiger charge is 2.15. The predicted molar refractivity (Wildman–Crippen MR) is 73.4 cm³/mol. The van der Waals surface area contributed by atoms with Gasteiger partial charge in [0.1, 0.15) is 11.6 Å². The Labute approximate surface area is 110 Å². The highest BCUT2D eigenvalue weighted by atomic mass is 16.3. The van der Waals surface area contributed by atoms with Gasteiger partial charge in [-0.2, -0.15) is 0 Å². The van der Waals surface area contributed by atoms with Gasteiger partial charge in [-0.15, -0.1) is 0 Å². The molecule has 0 spiro atoms. The number of carbonyl (C=O) groups is 1. The standard InChI is InChI=1S/C15H14N2O2/c1-8-14(7-18)19-9(2)15(8)11-4-5-12-13(6-11)17-10(3)16-12/h4-7H,1-3H3,(H,16,17). The van der Waals surface area contributed by atoms with E-state index in [9.17, 15) is 4.79 Å². The molecule has 4 nitrogen and oxygen atoms in total. The number of hydrogen-bond acceptors (Lipinski definition) is 3. The molecule has 0 saturated carbocycles. The summed E-state index contributed by atoms with van der Waals surface area (Å²) in [5.74, 6) is 2.05. The zero-order chi connectivity index (χ0) is 13.6. The molecule has 1 N–H and O–H groups in total. The van der Waals surface area contributed by atoms with Gasteiger partial charge >= 0.3 is 0 Å². The van der Waals surface area contributed by atoms with Crippen molar-refractivity contribution in [3.05, 3.63) is 41.1 Å². The molecule has 4 heteroatoms. The SMILES string of the molecule is Cc1nc2ccc(-c3c(C)oc(C=O)c3C)cc2[nH]1. The molecule has 0 unspecified atom stereocenters. The Morgan fingerprint density at radius 1 is 1.26 bits per heavy atom. The summed E-state index contributed by atoms with van der Waals surface area (Å²) in [6.45, 7) is 5.70. The van der Waals surface area contributed by atoms with Gasteiger partial charge in [-0.05, 0) is 38.5 Å². The number of imidazole rings is 1. The number of aromatic amines is 1. The molecule has 96 valence electrons. The van der Waals surface area contributed by atoms with Gasteiger partial charge in [0.05, 0.1) is 11.0 Å². The summed E-state index contributed by atoms with van der Waals surface area (Å²) in [5, 5.41) is 0. The van der Waals surface area contributed by atoms with E-state index < -0.39 is 0 Å². The minimum Gasteiger partial charge on any atom is -0.458 e.